The molecule has 1 aliphatic rings. The molecule has 1 aromatic carbocycles. The van der Waals surface area contributed by atoms with Crippen molar-refractivity contribution in [3.05, 3.63) is 34.7 Å². The van der Waals surface area contributed by atoms with E-state index in [2.05, 4.69) is 0 Å². The monoisotopic (exact) mass is 299 g/mol. The van der Waals surface area contributed by atoms with Crippen LogP contribution in [0.1, 0.15) is 49.0 Å². The third kappa shape index (κ3) is 2.34. The molecule has 0 aliphatic heterocycles. The maximum Gasteiger partial charge on any atom is 0.600 e. The van der Waals surface area contributed by atoms with Crippen LogP contribution in [-0.4, -0.2) is 0 Å². The smallest absolute Gasteiger partial charge is 0.118 e. The van der Waals surface area contributed by atoms with E-state index in [1.165, 1.54) is 0 Å². The fourth-order valence-electron chi connectivity index (χ4n) is 3.19. The first-order valence-electron chi connectivity index (χ1n) is 7.16. The lowest BCUT2D eigenvalue weighted by Crippen LogP contribution is -2.00. The summed E-state index contributed by atoms with van der Waals surface area (Å²) in [4.78, 5) is 0.637. The topological polar surface area (TPSA) is 0 Å². The average Bonchev–Trinajstić information content (AvgIpc) is 3.03. The van der Waals surface area contributed by atoms with Gasteiger partial charge in [-0.15, -0.1) is 13.2 Å². The quantitative estimate of drug-likeness (QED) is 0.572. The number of fused-ring (bicyclic) bond motifs is 1. The van der Waals surface area contributed by atoms with Gasteiger partial charge in [0.1, 0.15) is 0 Å². The van der Waals surface area contributed by atoms with Gasteiger partial charge in [-0.2, -0.15) is 0 Å². The number of benzene rings is 1. The Morgan fingerprint density at radius 1 is 1.15 bits per heavy atom. The highest BCUT2D eigenvalue weighted by atomic mass is 32.2. The van der Waals surface area contributed by atoms with Gasteiger partial charge in [-0.3, -0.25) is 0 Å². The molecule has 0 N–H and O–H groups in total. The van der Waals surface area contributed by atoms with Crippen molar-refractivity contribution in [1.82, 2.24) is 0 Å². The zero-order chi connectivity index (χ0) is 14.3. The number of halogens is 3. The van der Waals surface area contributed by atoms with Gasteiger partial charge in [-0.1, -0.05) is 25.8 Å². The summed E-state index contributed by atoms with van der Waals surface area (Å²) in [7, 11) is -1.70. The first kappa shape index (κ1) is 13.9. The van der Waals surface area contributed by atoms with Crippen molar-refractivity contribution in [1.29, 1.82) is 0 Å². The van der Waals surface area contributed by atoms with E-state index in [-0.39, 0.29) is 5.92 Å². The summed E-state index contributed by atoms with van der Waals surface area (Å²) < 4.78 is 41.1. The van der Waals surface area contributed by atoms with E-state index in [0.29, 0.717) is 9.58 Å². The van der Waals surface area contributed by atoms with Gasteiger partial charge in [0, 0.05) is 23.4 Å². The van der Waals surface area contributed by atoms with E-state index in [1.807, 2.05) is 25.1 Å². The predicted molar refractivity (Wildman–Crippen MR) is 78.3 cm³/mol. The van der Waals surface area contributed by atoms with Crippen molar-refractivity contribution in [2.24, 2.45) is 0 Å². The second-order valence-electron chi connectivity index (χ2n) is 5.51. The summed E-state index contributed by atoms with van der Waals surface area (Å²) in [6.45, 7) is 1.98. The number of hydrogen-bond donors (Lipinski definition) is 0. The van der Waals surface area contributed by atoms with Crippen molar-refractivity contribution >= 4 is 20.6 Å². The SMILES string of the molecule is CCc1ccc2cc(C3CCCC3)[s+](C(F)(F)F)c2c1. The highest BCUT2D eigenvalue weighted by Gasteiger charge is 2.49. The number of rotatable bonds is 2. The Hall–Kier alpha value is -1.03. The van der Waals surface area contributed by atoms with Crippen LogP contribution in [0, 0.1) is 0 Å². The minimum absolute atomic E-state index is 0.137. The maximum absolute atomic E-state index is 13.6. The molecule has 1 unspecified atom stereocenters. The van der Waals surface area contributed by atoms with Crippen LogP contribution in [0.2, 0.25) is 0 Å². The van der Waals surface area contributed by atoms with E-state index >= 15 is 0 Å². The lowest BCUT2D eigenvalue weighted by atomic mass is 10.1. The number of alkyl halides is 3. The molecule has 0 radical (unpaired) electrons. The fourth-order valence-corrected chi connectivity index (χ4v) is 5.40. The fraction of sp³-hybridized carbons (Fsp3) is 0.500. The molecule has 2 aromatic rings. The summed E-state index contributed by atoms with van der Waals surface area (Å²) in [5.41, 5.74) is -3.15. The average molecular weight is 299 g/mol. The summed E-state index contributed by atoms with van der Waals surface area (Å²) in [5, 5.41) is 0.782. The third-order valence-corrected chi connectivity index (χ3v) is 6.41. The lowest BCUT2D eigenvalue weighted by molar-refractivity contribution is -0.0868. The van der Waals surface area contributed by atoms with Crippen molar-refractivity contribution in [3.8, 4) is 0 Å². The normalized spacial score (nSPS) is 18.1. The zero-order valence-corrected chi connectivity index (χ0v) is 12.3. The molecule has 1 saturated carbocycles. The second-order valence-corrected chi connectivity index (χ2v) is 7.49. The number of hydrogen-bond acceptors (Lipinski definition) is 0. The van der Waals surface area contributed by atoms with Gasteiger partial charge in [-0.25, -0.2) is 0 Å². The van der Waals surface area contributed by atoms with Crippen molar-refractivity contribution in [2.75, 3.05) is 0 Å². The first-order chi connectivity index (χ1) is 9.50. The van der Waals surface area contributed by atoms with Crippen molar-refractivity contribution < 1.29 is 13.2 Å². The molecule has 3 rings (SSSR count). The molecular weight excluding hydrogens is 281 g/mol. The van der Waals surface area contributed by atoms with Gasteiger partial charge < -0.3 is 0 Å². The van der Waals surface area contributed by atoms with Gasteiger partial charge in [0.2, 0.25) is 0 Å². The van der Waals surface area contributed by atoms with Gasteiger partial charge >= 0.3 is 5.51 Å². The molecule has 1 aromatic heterocycles. The summed E-state index contributed by atoms with van der Waals surface area (Å²) >= 11 is 0. The Morgan fingerprint density at radius 2 is 1.85 bits per heavy atom. The van der Waals surface area contributed by atoms with E-state index in [0.717, 1.165) is 43.1 Å². The third-order valence-electron chi connectivity index (χ3n) is 4.23. The number of aryl methyl sites for hydroxylation is 1. The molecule has 1 heterocycles. The Bertz CT molecular complexity index is 618. The van der Waals surface area contributed by atoms with E-state index < -0.39 is 16.0 Å². The van der Waals surface area contributed by atoms with Gasteiger partial charge in [-0.05, 0) is 30.9 Å². The molecule has 0 amide bonds. The molecule has 1 atom stereocenters. The minimum atomic E-state index is -4.15. The number of thiophene rings is 1. The van der Waals surface area contributed by atoms with E-state index in [1.54, 1.807) is 6.07 Å². The summed E-state index contributed by atoms with van der Waals surface area (Å²) in [6, 6.07) is 7.40. The van der Waals surface area contributed by atoms with E-state index in [4.69, 9.17) is 0 Å². The lowest BCUT2D eigenvalue weighted by Gasteiger charge is -2.05. The van der Waals surface area contributed by atoms with Crippen LogP contribution in [0.4, 0.5) is 13.2 Å². The van der Waals surface area contributed by atoms with Crippen LogP contribution in [0.25, 0.3) is 10.1 Å². The molecule has 1 aliphatic carbocycles. The largest absolute Gasteiger partial charge is 0.600 e. The molecule has 1 fully saturated rings. The minimum Gasteiger partial charge on any atom is -0.118 e. The molecule has 108 valence electrons. The second kappa shape index (κ2) is 5.06. The highest BCUT2D eigenvalue weighted by molar-refractivity contribution is 7.38. The van der Waals surface area contributed by atoms with Gasteiger partial charge in [0.05, 0.1) is 10.5 Å². The van der Waals surface area contributed by atoms with Crippen LogP contribution >= 0.6 is 10.5 Å². The molecule has 0 bridgehead atoms. The highest BCUT2D eigenvalue weighted by Crippen LogP contribution is 2.55. The molecule has 0 saturated heterocycles. The summed E-state index contributed by atoms with van der Waals surface area (Å²) in [6.07, 6.45) is 4.74. The molecular formula is C16H18F3S+. The Kier molecular flexibility index (Phi) is 3.53. The maximum atomic E-state index is 13.6. The van der Waals surface area contributed by atoms with Crippen LogP contribution < -0.4 is 0 Å². The zero-order valence-electron chi connectivity index (χ0n) is 11.5. The van der Waals surface area contributed by atoms with Crippen molar-refractivity contribution in [3.63, 3.8) is 0 Å². The van der Waals surface area contributed by atoms with Crippen LogP contribution in [0.3, 0.4) is 0 Å². The Balaban J connectivity index is 2.23. The Morgan fingerprint density at radius 3 is 2.45 bits per heavy atom. The molecule has 20 heavy (non-hydrogen) atoms. The van der Waals surface area contributed by atoms with Crippen LogP contribution in [-0.2, 0) is 11.9 Å². The van der Waals surface area contributed by atoms with E-state index in [9.17, 15) is 13.2 Å². The molecule has 0 nitrogen and oxygen atoms in total. The van der Waals surface area contributed by atoms with Crippen molar-refractivity contribution in [2.45, 2.75) is 50.5 Å². The predicted octanol–water partition coefficient (Wildman–Crippen LogP) is 6.29. The van der Waals surface area contributed by atoms with Gasteiger partial charge in [0.25, 0.3) is 0 Å². The van der Waals surface area contributed by atoms with Gasteiger partial charge in [0.15, 0.2) is 9.58 Å². The molecule has 4 heteroatoms. The summed E-state index contributed by atoms with van der Waals surface area (Å²) in [5.74, 6) is 0.137. The Labute approximate surface area is 119 Å². The standard InChI is InChI=1S/C16H18F3S/c1-2-11-7-8-13-10-15(12-5-3-4-6-12)20(14(13)9-11)16(17,18)19/h7-10,12H,2-6H2,1H3/q+1. The van der Waals surface area contributed by atoms with Crippen LogP contribution in [0.5, 0.6) is 0 Å². The molecule has 0 spiro atoms. The first-order valence-corrected chi connectivity index (χ1v) is 8.39. The van der Waals surface area contributed by atoms with Crippen LogP contribution in [0.15, 0.2) is 24.3 Å².